The molecule has 1 rings (SSSR count). The Morgan fingerprint density at radius 3 is 2.08 bits per heavy atom. The Morgan fingerprint density at radius 2 is 1.67 bits per heavy atom. The molecular formula is C9H13LiOP. The van der Waals surface area contributed by atoms with Gasteiger partial charge < -0.3 is 4.74 Å². The zero-order valence-electron chi connectivity index (χ0n) is 7.87. The summed E-state index contributed by atoms with van der Waals surface area (Å²) in [6.45, 7) is 4.04. The largest absolute Gasteiger partial charge is 0.491 e. The van der Waals surface area contributed by atoms with Crippen LogP contribution in [0.4, 0.5) is 0 Å². The molecule has 0 aromatic heterocycles. The predicted molar refractivity (Wildman–Crippen MR) is 57.3 cm³/mol. The van der Waals surface area contributed by atoms with E-state index in [1.54, 1.807) is 0 Å². The van der Waals surface area contributed by atoms with Crippen LogP contribution < -0.4 is 10.0 Å². The average molecular weight is 175 g/mol. The molecule has 1 unspecified atom stereocenters. The van der Waals surface area contributed by atoms with Gasteiger partial charge in [0.15, 0.2) is 0 Å². The minimum Gasteiger partial charge on any atom is -0.491 e. The van der Waals surface area contributed by atoms with Gasteiger partial charge in [0.1, 0.15) is 5.75 Å². The van der Waals surface area contributed by atoms with E-state index in [0.717, 1.165) is 5.75 Å². The first-order valence-corrected chi connectivity index (χ1v) is 4.28. The van der Waals surface area contributed by atoms with Crippen LogP contribution >= 0.6 is 9.24 Å². The monoisotopic (exact) mass is 175 g/mol. The van der Waals surface area contributed by atoms with E-state index >= 15 is 0 Å². The molecule has 0 amide bonds. The van der Waals surface area contributed by atoms with Crippen LogP contribution in [0.5, 0.6) is 5.75 Å². The molecule has 1 aromatic rings. The summed E-state index contributed by atoms with van der Waals surface area (Å²) in [6.07, 6.45) is 0.255. The van der Waals surface area contributed by atoms with Gasteiger partial charge in [-0.3, -0.25) is 0 Å². The molecule has 1 radical (unpaired) electrons. The fourth-order valence-corrected chi connectivity index (χ4v) is 1.01. The Kier molecular flexibility index (Phi) is 5.67. The van der Waals surface area contributed by atoms with Crippen LogP contribution in [0.15, 0.2) is 24.3 Å². The van der Waals surface area contributed by atoms with Gasteiger partial charge in [0.2, 0.25) is 0 Å². The maximum atomic E-state index is 5.46. The average Bonchev–Trinajstić information content (AvgIpc) is 1.93. The van der Waals surface area contributed by atoms with E-state index < -0.39 is 0 Å². The molecule has 0 aliphatic carbocycles. The van der Waals surface area contributed by atoms with Crippen molar-refractivity contribution in [2.75, 3.05) is 0 Å². The molecule has 1 atom stereocenters. The SMILES string of the molecule is CC(C)Oc1ccc(P)cc1.[Li]. The summed E-state index contributed by atoms with van der Waals surface area (Å²) in [6, 6.07) is 7.98. The zero-order valence-corrected chi connectivity index (χ0v) is 9.03. The molecule has 12 heavy (non-hydrogen) atoms. The molecule has 0 N–H and O–H groups in total. The molecule has 3 heteroatoms. The number of benzene rings is 1. The zero-order chi connectivity index (χ0) is 8.27. The van der Waals surface area contributed by atoms with Crippen LogP contribution in [-0.2, 0) is 0 Å². The Bertz CT molecular complexity index is 220. The minimum atomic E-state index is 0. The van der Waals surface area contributed by atoms with Crippen molar-refractivity contribution in [3.8, 4) is 5.75 Å². The maximum absolute atomic E-state index is 5.46. The van der Waals surface area contributed by atoms with Gasteiger partial charge in [-0.25, -0.2) is 0 Å². The van der Waals surface area contributed by atoms with Gasteiger partial charge in [0.25, 0.3) is 0 Å². The molecule has 0 fully saturated rings. The van der Waals surface area contributed by atoms with Gasteiger partial charge in [0.05, 0.1) is 6.10 Å². The molecule has 0 heterocycles. The molecule has 0 aliphatic heterocycles. The van der Waals surface area contributed by atoms with E-state index in [2.05, 4.69) is 9.24 Å². The molecule has 61 valence electrons. The summed E-state index contributed by atoms with van der Waals surface area (Å²) in [5.41, 5.74) is 0. The molecule has 0 bridgehead atoms. The number of ether oxygens (including phenoxy) is 1. The quantitative estimate of drug-likeness (QED) is 0.490. The Labute approximate surface area is 88.3 Å². The third-order valence-electron chi connectivity index (χ3n) is 1.25. The second-order valence-electron chi connectivity index (χ2n) is 2.74. The fourth-order valence-electron chi connectivity index (χ4n) is 0.819. The topological polar surface area (TPSA) is 9.23 Å². The summed E-state index contributed by atoms with van der Waals surface area (Å²) < 4.78 is 5.46. The second-order valence-corrected chi connectivity index (χ2v) is 3.40. The van der Waals surface area contributed by atoms with E-state index in [1.807, 2.05) is 38.1 Å². The van der Waals surface area contributed by atoms with Gasteiger partial charge in [-0.2, -0.15) is 0 Å². The molecule has 1 aromatic carbocycles. The van der Waals surface area contributed by atoms with Crippen molar-refractivity contribution in [2.24, 2.45) is 0 Å². The van der Waals surface area contributed by atoms with Gasteiger partial charge in [-0.1, -0.05) is 12.1 Å². The van der Waals surface area contributed by atoms with E-state index in [1.165, 1.54) is 5.30 Å². The minimum absolute atomic E-state index is 0. The summed E-state index contributed by atoms with van der Waals surface area (Å²) in [5.74, 6) is 0.936. The van der Waals surface area contributed by atoms with E-state index in [-0.39, 0.29) is 25.0 Å². The molecule has 0 saturated carbocycles. The van der Waals surface area contributed by atoms with Crippen molar-refractivity contribution in [3.05, 3.63) is 24.3 Å². The van der Waals surface area contributed by atoms with Gasteiger partial charge in [-0.05, 0) is 31.3 Å². The van der Waals surface area contributed by atoms with Gasteiger partial charge in [-0.15, -0.1) is 9.24 Å². The molecular weight excluding hydrogens is 162 g/mol. The van der Waals surface area contributed by atoms with Crippen LogP contribution in [-0.4, -0.2) is 25.0 Å². The smallest absolute Gasteiger partial charge is 0.119 e. The Balaban J connectivity index is 0.00000121. The van der Waals surface area contributed by atoms with E-state index in [9.17, 15) is 0 Å². The fraction of sp³-hybridized carbons (Fsp3) is 0.333. The van der Waals surface area contributed by atoms with Crippen molar-refractivity contribution in [1.82, 2.24) is 0 Å². The van der Waals surface area contributed by atoms with Crippen LogP contribution in [0.3, 0.4) is 0 Å². The second kappa shape index (κ2) is 5.65. The molecule has 0 aliphatic rings. The summed E-state index contributed by atoms with van der Waals surface area (Å²) in [5, 5.41) is 1.18. The molecule has 0 spiro atoms. The first-order valence-electron chi connectivity index (χ1n) is 3.70. The summed E-state index contributed by atoms with van der Waals surface area (Å²) in [7, 11) is 2.64. The van der Waals surface area contributed by atoms with Crippen LogP contribution in [0.2, 0.25) is 0 Å². The Morgan fingerprint density at radius 1 is 1.17 bits per heavy atom. The van der Waals surface area contributed by atoms with Crippen molar-refractivity contribution < 1.29 is 4.74 Å². The predicted octanol–water partition coefficient (Wildman–Crippen LogP) is 1.59. The van der Waals surface area contributed by atoms with E-state index in [4.69, 9.17) is 4.74 Å². The standard InChI is InChI=1S/C9H13OP.Li/c1-7(2)10-8-3-5-9(11)6-4-8;/h3-7H,11H2,1-2H3;. The number of rotatable bonds is 2. The maximum Gasteiger partial charge on any atom is 0.119 e. The van der Waals surface area contributed by atoms with Crippen molar-refractivity contribution in [3.63, 3.8) is 0 Å². The van der Waals surface area contributed by atoms with Crippen molar-refractivity contribution in [1.29, 1.82) is 0 Å². The summed E-state index contributed by atoms with van der Waals surface area (Å²) in [4.78, 5) is 0. The third-order valence-corrected chi connectivity index (χ3v) is 1.64. The van der Waals surface area contributed by atoms with E-state index in [0.29, 0.717) is 0 Å². The normalized spacial score (nSPS) is 9.33. The first-order chi connectivity index (χ1) is 5.18. The van der Waals surface area contributed by atoms with Crippen LogP contribution in [0.25, 0.3) is 0 Å². The van der Waals surface area contributed by atoms with Gasteiger partial charge >= 0.3 is 0 Å². The number of hydrogen-bond acceptors (Lipinski definition) is 1. The van der Waals surface area contributed by atoms with Crippen LogP contribution in [0, 0.1) is 0 Å². The number of hydrogen-bond donors (Lipinski definition) is 0. The third kappa shape index (κ3) is 4.17. The molecule has 0 saturated heterocycles. The van der Waals surface area contributed by atoms with Crippen LogP contribution in [0.1, 0.15) is 13.8 Å². The Hall–Kier alpha value is 0.0474. The van der Waals surface area contributed by atoms with Gasteiger partial charge in [0, 0.05) is 18.9 Å². The summed E-state index contributed by atoms with van der Waals surface area (Å²) >= 11 is 0. The van der Waals surface area contributed by atoms with Crippen molar-refractivity contribution >= 4 is 33.4 Å². The molecule has 1 nitrogen and oxygen atoms in total. The van der Waals surface area contributed by atoms with Crippen molar-refractivity contribution in [2.45, 2.75) is 20.0 Å². The first kappa shape index (κ1) is 12.0.